The predicted octanol–water partition coefficient (Wildman–Crippen LogP) is 1.69. The highest BCUT2D eigenvalue weighted by Crippen LogP contribution is 2.75. The van der Waals surface area contributed by atoms with Crippen molar-refractivity contribution in [2.45, 2.75) is 218 Å². The number of ketones is 1. The van der Waals surface area contributed by atoms with Crippen LogP contribution in [-0.2, 0) is 38.0 Å². The molecule has 4 saturated carbocycles. The highest BCUT2D eigenvalue weighted by Gasteiger charge is 2.71. The Morgan fingerprint density at radius 3 is 2.02 bits per heavy atom. The van der Waals surface area contributed by atoms with Gasteiger partial charge in [-0.15, -0.1) is 0 Å². The second-order valence-electron chi connectivity index (χ2n) is 23.2. The molecule has 364 valence electrons. The first-order valence-electron chi connectivity index (χ1n) is 23.4. The highest BCUT2D eigenvalue weighted by molar-refractivity contribution is 5.88. The zero-order valence-corrected chi connectivity index (χ0v) is 38.8. The molecule has 3 heterocycles. The number of carboxylic acid groups (broad SMARTS) is 1. The van der Waals surface area contributed by atoms with Gasteiger partial charge in [-0.1, -0.05) is 66.5 Å². The molecule has 5 aliphatic carbocycles. The number of Topliss-reactive ketones (excluding diaryl/α,β-unsaturated/α-hetero) is 1. The Hall–Kier alpha value is -1.68. The van der Waals surface area contributed by atoms with E-state index in [1.165, 1.54) is 18.1 Å². The standard InChI is InChI=1S/C47H74O17/c1-20-28(51)30(53)33(56)39(60-20)63-35-29(52)24(49)19-59-40(35)64-36-32(55)31(54)34(38(57)58)62-41(36)61-27-11-12-45(7)25(43(27,4)5)10-13-47(9)37(45)23(48)16-21-22-17-42(2,3)18-26(50)44(22,6)14-15-46(21,47)8/h20,24-37,39-41,49-56H,10-19H2,1-9H3,(H,57,58)/t20?,24?,25?,26?,27-,28?,29?,30?,31?,32?,33?,34?,35?,36?,37?,39?,40?,41?,44+,45-,46+,47+/m1/s1. The Bertz CT molecular complexity index is 1840. The second-order valence-corrected chi connectivity index (χ2v) is 23.2. The van der Waals surface area contributed by atoms with Crippen molar-refractivity contribution in [3.8, 4) is 0 Å². The predicted molar refractivity (Wildman–Crippen MR) is 224 cm³/mol. The van der Waals surface area contributed by atoms with Gasteiger partial charge in [0.1, 0.15) is 60.7 Å². The number of carboxylic acids is 1. The lowest BCUT2D eigenvalue weighted by molar-refractivity contribution is -0.386. The first-order chi connectivity index (χ1) is 29.6. The van der Waals surface area contributed by atoms with Crippen LogP contribution in [0.2, 0.25) is 0 Å². The molecule has 0 bridgehead atoms. The third kappa shape index (κ3) is 7.40. The Labute approximate surface area is 375 Å². The summed E-state index contributed by atoms with van der Waals surface area (Å²) in [6.07, 6.45) is -18.1. The van der Waals surface area contributed by atoms with E-state index in [1.807, 2.05) is 0 Å². The van der Waals surface area contributed by atoms with Crippen LogP contribution in [0.25, 0.3) is 0 Å². The molecule has 0 aromatic carbocycles. The third-order valence-corrected chi connectivity index (χ3v) is 18.6. The topological polar surface area (TPSA) is 272 Å². The van der Waals surface area contributed by atoms with Crippen LogP contribution >= 0.6 is 0 Å². The lowest BCUT2D eigenvalue weighted by atomic mass is 9.33. The van der Waals surface area contributed by atoms with Crippen LogP contribution in [0.15, 0.2) is 11.1 Å². The number of allylic oxidation sites excluding steroid dienone is 1. The van der Waals surface area contributed by atoms with Crippen molar-refractivity contribution in [2.75, 3.05) is 6.61 Å². The number of rotatable bonds is 7. The molecule has 0 spiro atoms. The summed E-state index contributed by atoms with van der Waals surface area (Å²) in [5.41, 5.74) is 0.426. The summed E-state index contributed by atoms with van der Waals surface area (Å²) >= 11 is 0. The molecule has 17 heteroatoms. The summed E-state index contributed by atoms with van der Waals surface area (Å²) in [5, 5.41) is 97.3. The largest absolute Gasteiger partial charge is 0.479 e. The molecule has 0 amide bonds. The second kappa shape index (κ2) is 16.5. The van der Waals surface area contributed by atoms with Crippen molar-refractivity contribution in [2.24, 2.45) is 44.3 Å². The van der Waals surface area contributed by atoms with E-state index in [2.05, 4.69) is 55.4 Å². The monoisotopic (exact) mass is 910 g/mol. The lowest BCUT2D eigenvalue weighted by Crippen LogP contribution is -2.68. The van der Waals surface area contributed by atoms with Crippen LogP contribution in [0.4, 0.5) is 0 Å². The lowest BCUT2D eigenvalue weighted by Gasteiger charge is -2.70. The van der Waals surface area contributed by atoms with E-state index in [0.29, 0.717) is 19.3 Å². The summed E-state index contributed by atoms with van der Waals surface area (Å²) in [6.45, 7) is 18.7. The molecule has 8 rings (SSSR count). The number of aliphatic carboxylic acids is 1. The number of hydrogen-bond donors (Lipinski definition) is 9. The summed E-state index contributed by atoms with van der Waals surface area (Å²) in [5.74, 6) is -1.61. The summed E-state index contributed by atoms with van der Waals surface area (Å²) < 4.78 is 36.1. The molecule has 9 N–H and O–H groups in total. The zero-order valence-electron chi connectivity index (χ0n) is 38.8. The molecule has 7 fully saturated rings. The van der Waals surface area contributed by atoms with Crippen molar-refractivity contribution in [1.29, 1.82) is 0 Å². The van der Waals surface area contributed by atoms with Gasteiger partial charge in [0.15, 0.2) is 25.0 Å². The number of carbonyl (C=O) groups is 2. The van der Waals surface area contributed by atoms with Gasteiger partial charge >= 0.3 is 5.97 Å². The van der Waals surface area contributed by atoms with E-state index in [9.17, 15) is 50.8 Å². The minimum Gasteiger partial charge on any atom is -0.479 e. The van der Waals surface area contributed by atoms with Gasteiger partial charge in [-0.05, 0) is 91.3 Å². The number of aliphatic hydroxyl groups is 8. The SMILES string of the molecule is CC1OC(OC2C(OC3C(O[C@@H]4CC[C@]5(C)C(CC[C@@]6(C)C5C(=O)CC5=C7CC(C)(C)CC(O)[C@@]7(C)CC[C@@]56C)C4(C)C)OC(C(=O)O)C(O)C3O)OCC(O)C2O)C(O)C(O)C1O. The van der Waals surface area contributed by atoms with Crippen LogP contribution in [0, 0.1) is 44.3 Å². The van der Waals surface area contributed by atoms with Gasteiger partial charge in [0.05, 0.1) is 24.9 Å². The third-order valence-electron chi connectivity index (χ3n) is 18.6. The van der Waals surface area contributed by atoms with E-state index in [-0.39, 0.29) is 39.3 Å². The van der Waals surface area contributed by atoms with Crippen molar-refractivity contribution >= 4 is 11.8 Å². The van der Waals surface area contributed by atoms with Crippen molar-refractivity contribution in [1.82, 2.24) is 0 Å². The fourth-order valence-corrected chi connectivity index (χ4v) is 14.6. The Morgan fingerprint density at radius 1 is 0.688 bits per heavy atom. The summed E-state index contributed by atoms with van der Waals surface area (Å²) in [4.78, 5) is 27.4. The molecule has 3 saturated heterocycles. The average Bonchev–Trinajstić information content (AvgIpc) is 3.20. The minimum absolute atomic E-state index is 0.0362. The normalized spacial score (nSPS) is 53.7. The van der Waals surface area contributed by atoms with Gasteiger partial charge in [0, 0.05) is 17.8 Å². The van der Waals surface area contributed by atoms with Crippen molar-refractivity contribution in [3.63, 3.8) is 0 Å². The Kier molecular flexibility index (Phi) is 12.6. The maximum absolute atomic E-state index is 15.0. The summed E-state index contributed by atoms with van der Waals surface area (Å²) in [6, 6.07) is 0. The Morgan fingerprint density at radius 2 is 1.34 bits per heavy atom. The number of carbonyl (C=O) groups excluding carboxylic acids is 1. The van der Waals surface area contributed by atoms with Crippen LogP contribution in [-0.4, -0.2) is 163 Å². The fourth-order valence-electron chi connectivity index (χ4n) is 14.6. The first-order valence-corrected chi connectivity index (χ1v) is 23.4. The maximum atomic E-state index is 15.0. The number of ether oxygens (including phenoxy) is 6. The van der Waals surface area contributed by atoms with Gasteiger partial charge in [-0.2, -0.15) is 0 Å². The van der Waals surface area contributed by atoms with Crippen LogP contribution in [0.1, 0.15) is 120 Å². The molecule has 0 aromatic heterocycles. The molecule has 17 unspecified atom stereocenters. The van der Waals surface area contributed by atoms with Gasteiger partial charge < -0.3 is 74.4 Å². The quantitative estimate of drug-likeness (QED) is 0.130. The van der Waals surface area contributed by atoms with Crippen molar-refractivity contribution in [3.05, 3.63) is 11.1 Å². The van der Waals surface area contributed by atoms with Gasteiger partial charge in [0.2, 0.25) is 0 Å². The van der Waals surface area contributed by atoms with Crippen LogP contribution in [0.5, 0.6) is 0 Å². The molecule has 8 aliphatic rings. The molecule has 3 aliphatic heterocycles. The molecule has 17 nitrogen and oxygen atoms in total. The van der Waals surface area contributed by atoms with Crippen molar-refractivity contribution < 1.29 is 84.0 Å². The fraction of sp³-hybridized carbons (Fsp3) is 0.915. The van der Waals surface area contributed by atoms with Gasteiger partial charge in [-0.25, -0.2) is 4.79 Å². The van der Waals surface area contributed by atoms with E-state index < -0.39 is 122 Å². The molecule has 64 heavy (non-hydrogen) atoms. The maximum Gasteiger partial charge on any atom is 0.335 e. The molecule has 0 aromatic rings. The first kappa shape index (κ1) is 48.8. The van der Waals surface area contributed by atoms with Crippen LogP contribution in [0.3, 0.4) is 0 Å². The van der Waals surface area contributed by atoms with Crippen LogP contribution < -0.4 is 0 Å². The van der Waals surface area contributed by atoms with E-state index in [0.717, 1.165) is 38.5 Å². The molecule has 22 atom stereocenters. The minimum atomic E-state index is -2.00. The van der Waals surface area contributed by atoms with Gasteiger partial charge in [-0.3, -0.25) is 4.79 Å². The highest BCUT2D eigenvalue weighted by atomic mass is 16.8. The molecular formula is C47H74O17. The smallest absolute Gasteiger partial charge is 0.335 e. The number of aliphatic hydroxyl groups excluding tert-OH is 8. The van der Waals surface area contributed by atoms with Gasteiger partial charge in [0.25, 0.3) is 0 Å². The zero-order chi connectivity index (χ0) is 47.0. The van der Waals surface area contributed by atoms with E-state index in [4.69, 9.17) is 28.4 Å². The molecular weight excluding hydrogens is 837 g/mol. The molecule has 0 radical (unpaired) electrons. The van der Waals surface area contributed by atoms with E-state index in [1.54, 1.807) is 0 Å². The Balaban J connectivity index is 1.06. The number of fused-ring (bicyclic) bond motifs is 6. The van der Waals surface area contributed by atoms with E-state index >= 15 is 4.79 Å². The summed E-state index contributed by atoms with van der Waals surface area (Å²) in [7, 11) is 0. The average molecular weight is 911 g/mol. The number of hydrogen-bond acceptors (Lipinski definition) is 16.